The van der Waals surface area contributed by atoms with Crippen LogP contribution < -0.4 is 5.73 Å². The van der Waals surface area contributed by atoms with Gasteiger partial charge in [-0.3, -0.25) is 0 Å². The van der Waals surface area contributed by atoms with Gasteiger partial charge in [0.15, 0.2) is 0 Å². The maximum atomic E-state index is 6.08. The molecule has 0 saturated carbocycles. The van der Waals surface area contributed by atoms with Crippen molar-refractivity contribution in [3.63, 3.8) is 0 Å². The van der Waals surface area contributed by atoms with E-state index < -0.39 is 0 Å². The lowest BCUT2D eigenvalue weighted by Gasteiger charge is -1.98. The van der Waals surface area contributed by atoms with Crippen molar-refractivity contribution >= 4 is 17.0 Å². The first-order valence-corrected chi connectivity index (χ1v) is 7.09. The van der Waals surface area contributed by atoms with Crippen LogP contribution in [0.5, 0.6) is 0 Å². The third-order valence-electron chi connectivity index (χ3n) is 3.01. The summed E-state index contributed by atoms with van der Waals surface area (Å²) < 4.78 is 1.83. The van der Waals surface area contributed by atoms with Crippen LogP contribution in [0.3, 0.4) is 0 Å². The van der Waals surface area contributed by atoms with Crippen LogP contribution in [0.4, 0.5) is 5.69 Å². The highest BCUT2D eigenvalue weighted by molar-refractivity contribution is 7.15. The number of nitrogen functional groups attached to an aromatic ring is 1. The molecule has 1 aromatic carbocycles. The van der Waals surface area contributed by atoms with Crippen molar-refractivity contribution in [2.45, 2.75) is 13.3 Å². The highest BCUT2D eigenvalue weighted by Gasteiger charge is 2.11. The normalized spacial score (nSPS) is 10.8. The van der Waals surface area contributed by atoms with Gasteiger partial charge in [0.25, 0.3) is 0 Å². The lowest BCUT2D eigenvalue weighted by molar-refractivity contribution is 0.885. The number of anilines is 1. The Morgan fingerprint density at radius 1 is 1.16 bits per heavy atom. The van der Waals surface area contributed by atoms with Gasteiger partial charge in [0, 0.05) is 4.88 Å². The number of thiophene rings is 1. The van der Waals surface area contributed by atoms with Gasteiger partial charge >= 0.3 is 0 Å². The van der Waals surface area contributed by atoms with Gasteiger partial charge < -0.3 is 5.73 Å². The fraction of sp³-hybridized carbons (Fsp3) is 0.133. The van der Waals surface area contributed by atoms with Crippen molar-refractivity contribution in [3.8, 4) is 16.3 Å². The number of nitrogens with two attached hydrogens (primary N) is 1. The Hall–Kier alpha value is -2.07. The molecule has 4 heteroatoms. The van der Waals surface area contributed by atoms with Crippen LogP contribution in [0.15, 0.2) is 48.7 Å². The molecule has 0 fully saturated rings. The maximum Gasteiger partial charge on any atom is 0.126 e. The summed E-state index contributed by atoms with van der Waals surface area (Å²) in [5, 5.41) is 4.60. The van der Waals surface area contributed by atoms with Crippen molar-refractivity contribution < 1.29 is 0 Å². The standard InChI is InChI=1S/C15H15N3S/c1-2-12-8-9-14(19-12)15-13(16)10-18(17-15)11-6-4-3-5-7-11/h3-10H,2,16H2,1H3. The average molecular weight is 269 g/mol. The summed E-state index contributed by atoms with van der Waals surface area (Å²) in [6, 6.07) is 14.2. The Kier molecular flexibility index (Phi) is 3.09. The van der Waals surface area contributed by atoms with E-state index in [1.165, 1.54) is 4.88 Å². The van der Waals surface area contributed by atoms with Gasteiger partial charge in [-0.15, -0.1) is 11.3 Å². The highest BCUT2D eigenvalue weighted by Crippen LogP contribution is 2.31. The Morgan fingerprint density at radius 2 is 1.95 bits per heavy atom. The van der Waals surface area contributed by atoms with E-state index in [1.807, 2.05) is 41.2 Å². The molecule has 3 rings (SSSR count). The first-order chi connectivity index (χ1) is 9.28. The molecule has 2 heterocycles. The molecule has 0 saturated heterocycles. The summed E-state index contributed by atoms with van der Waals surface area (Å²) in [5.41, 5.74) is 8.69. The van der Waals surface area contributed by atoms with E-state index in [1.54, 1.807) is 11.3 Å². The molecule has 2 N–H and O–H groups in total. The summed E-state index contributed by atoms with van der Waals surface area (Å²) >= 11 is 1.75. The van der Waals surface area contributed by atoms with E-state index in [-0.39, 0.29) is 0 Å². The van der Waals surface area contributed by atoms with Crippen LogP contribution >= 0.6 is 11.3 Å². The Morgan fingerprint density at radius 3 is 2.63 bits per heavy atom. The molecule has 0 spiro atoms. The van der Waals surface area contributed by atoms with Crippen molar-refractivity contribution in [2.24, 2.45) is 0 Å². The van der Waals surface area contributed by atoms with E-state index in [9.17, 15) is 0 Å². The zero-order valence-corrected chi connectivity index (χ0v) is 11.5. The molecule has 2 aromatic heterocycles. The van der Waals surface area contributed by atoms with E-state index in [4.69, 9.17) is 5.73 Å². The maximum absolute atomic E-state index is 6.08. The summed E-state index contributed by atoms with van der Waals surface area (Å²) in [6.45, 7) is 2.15. The average Bonchev–Trinajstić information content (AvgIpc) is 3.06. The lowest BCUT2D eigenvalue weighted by Crippen LogP contribution is -1.93. The quantitative estimate of drug-likeness (QED) is 0.787. The Labute approximate surface area is 116 Å². The van der Waals surface area contributed by atoms with E-state index in [2.05, 4.69) is 24.2 Å². The molecule has 0 radical (unpaired) electrons. The lowest BCUT2D eigenvalue weighted by atomic mass is 10.3. The summed E-state index contributed by atoms with van der Waals surface area (Å²) in [6.07, 6.45) is 2.92. The fourth-order valence-electron chi connectivity index (χ4n) is 1.99. The van der Waals surface area contributed by atoms with Crippen molar-refractivity contribution in [1.29, 1.82) is 0 Å². The van der Waals surface area contributed by atoms with Gasteiger partial charge in [0.1, 0.15) is 5.69 Å². The molecular formula is C15H15N3S. The van der Waals surface area contributed by atoms with E-state index >= 15 is 0 Å². The van der Waals surface area contributed by atoms with Gasteiger partial charge in [0.2, 0.25) is 0 Å². The van der Waals surface area contributed by atoms with Crippen LogP contribution in [0, 0.1) is 0 Å². The van der Waals surface area contributed by atoms with Gasteiger partial charge in [0.05, 0.1) is 22.4 Å². The molecule has 0 bridgehead atoms. The van der Waals surface area contributed by atoms with Crippen LogP contribution in [0.2, 0.25) is 0 Å². The number of aromatic nitrogens is 2. The second kappa shape index (κ2) is 4.90. The summed E-state index contributed by atoms with van der Waals surface area (Å²) in [4.78, 5) is 2.48. The molecule has 0 amide bonds. The summed E-state index contributed by atoms with van der Waals surface area (Å²) in [7, 11) is 0. The third kappa shape index (κ3) is 2.27. The van der Waals surface area contributed by atoms with Crippen molar-refractivity contribution in [2.75, 3.05) is 5.73 Å². The molecule has 19 heavy (non-hydrogen) atoms. The number of hydrogen-bond acceptors (Lipinski definition) is 3. The smallest absolute Gasteiger partial charge is 0.126 e. The molecule has 0 atom stereocenters. The number of hydrogen-bond donors (Lipinski definition) is 1. The van der Waals surface area contributed by atoms with E-state index in [0.29, 0.717) is 5.69 Å². The van der Waals surface area contributed by atoms with Gasteiger partial charge in [-0.1, -0.05) is 25.1 Å². The fourth-order valence-corrected chi connectivity index (χ4v) is 2.94. The van der Waals surface area contributed by atoms with Gasteiger partial charge in [-0.2, -0.15) is 5.10 Å². The third-order valence-corrected chi connectivity index (χ3v) is 4.24. The van der Waals surface area contributed by atoms with Crippen LogP contribution in [0.25, 0.3) is 16.3 Å². The molecule has 0 unspecified atom stereocenters. The predicted molar refractivity (Wildman–Crippen MR) is 80.7 cm³/mol. The predicted octanol–water partition coefficient (Wildman–Crippen LogP) is 3.75. The van der Waals surface area contributed by atoms with Crippen LogP contribution in [-0.2, 0) is 6.42 Å². The first kappa shape index (κ1) is 12.0. The second-order valence-electron chi connectivity index (χ2n) is 4.33. The van der Waals surface area contributed by atoms with Gasteiger partial charge in [-0.25, -0.2) is 4.68 Å². The second-order valence-corrected chi connectivity index (χ2v) is 5.50. The zero-order valence-electron chi connectivity index (χ0n) is 10.7. The largest absolute Gasteiger partial charge is 0.396 e. The molecule has 0 aliphatic rings. The van der Waals surface area contributed by atoms with Gasteiger partial charge in [-0.05, 0) is 30.7 Å². The molecule has 0 aliphatic carbocycles. The molecule has 3 aromatic rings. The minimum atomic E-state index is 0.716. The van der Waals surface area contributed by atoms with E-state index in [0.717, 1.165) is 22.7 Å². The molecular weight excluding hydrogens is 254 g/mol. The first-order valence-electron chi connectivity index (χ1n) is 6.27. The number of aryl methyl sites for hydroxylation is 1. The van der Waals surface area contributed by atoms with Crippen LogP contribution in [-0.4, -0.2) is 9.78 Å². The number of rotatable bonds is 3. The number of benzene rings is 1. The minimum absolute atomic E-state index is 0.716. The Balaban J connectivity index is 2.02. The monoisotopic (exact) mass is 269 g/mol. The minimum Gasteiger partial charge on any atom is -0.396 e. The SMILES string of the molecule is CCc1ccc(-c2nn(-c3ccccc3)cc2N)s1. The molecule has 0 aliphatic heterocycles. The highest BCUT2D eigenvalue weighted by atomic mass is 32.1. The topological polar surface area (TPSA) is 43.8 Å². The molecule has 96 valence electrons. The van der Waals surface area contributed by atoms with Crippen molar-refractivity contribution in [1.82, 2.24) is 9.78 Å². The zero-order chi connectivity index (χ0) is 13.2. The van der Waals surface area contributed by atoms with Crippen LogP contribution in [0.1, 0.15) is 11.8 Å². The van der Waals surface area contributed by atoms with Crippen molar-refractivity contribution in [3.05, 3.63) is 53.5 Å². The number of nitrogens with zero attached hydrogens (tertiary/aromatic N) is 2. The number of para-hydroxylation sites is 1. The Bertz CT molecular complexity index is 682. The molecule has 3 nitrogen and oxygen atoms in total. The summed E-state index contributed by atoms with van der Waals surface area (Å²) in [5.74, 6) is 0.